The molecular formula is C21H33N3O3S. The van der Waals surface area contributed by atoms with Gasteiger partial charge in [0.25, 0.3) is 0 Å². The molecule has 1 aromatic rings. The molecule has 1 rings (SSSR count). The zero-order valence-corrected chi connectivity index (χ0v) is 18.1. The van der Waals surface area contributed by atoms with Gasteiger partial charge in [0.1, 0.15) is 12.1 Å². The minimum absolute atomic E-state index is 0.202. The molecular weight excluding hydrogens is 374 g/mol. The van der Waals surface area contributed by atoms with Crippen molar-refractivity contribution < 1.29 is 14.4 Å². The predicted octanol–water partition coefficient (Wildman–Crippen LogP) is 2.09. The average Bonchev–Trinajstić information content (AvgIpc) is 2.66. The number of carbonyl (C=O) groups is 3. The van der Waals surface area contributed by atoms with Gasteiger partial charge in [-0.15, -0.1) is 0 Å². The molecule has 0 heterocycles. The maximum absolute atomic E-state index is 12.9. The molecule has 3 atom stereocenters. The molecule has 28 heavy (non-hydrogen) atoms. The van der Waals surface area contributed by atoms with Crippen molar-refractivity contribution in [1.82, 2.24) is 16.0 Å². The van der Waals surface area contributed by atoms with Crippen LogP contribution in [0.5, 0.6) is 0 Å². The first kappa shape index (κ1) is 24.0. The first-order valence-corrected chi connectivity index (χ1v) is 10.3. The number of amides is 3. The lowest BCUT2D eigenvalue weighted by Gasteiger charge is -2.25. The Morgan fingerprint density at radius 1 is 0.964 bits per heavy atom. The summed E-state index contributed by atoms with van der Waals surface area (Å²) < 4.78 is 0. The normalized spacial score (nSPS) is 14.1. The number of hydrogen-bond donors (Lipinski definition) is 4. The fourth-order valence-corrected chi connectivity index (χ4v) is 3.21. The van der Waals surface area contributed by atoms with Crippen molar-refractivity contribution in [3.05, 3.63) is 35.9 Å². The first-order chi connectivity index (χ1) is 13.3. The molecule has 0 bridgehead atoms. The summed E-state index contributed by atoms with van der Waals surface area (Å²) >= 11 is 4.31. The zero-order chi connectivity index (χ0) is 21.1. The van der Waals surface area contributed by atoms with E-state index in [0.717, 1.165) is 12.0 Å². The molecule has 0 saturated heterocycles. The van der Waals surface area contributed by atoms with Gasteiger partial charge in [-0.05, 0) is 24.3 Å². The van der Waals surface area contributed by atoms with Crippen LogP contribution in [-0.2, 0) is 20.8 Å². The highest BCUT2D eigenvalue weighted by molar-refractivity contribution is 7.81. The van der Waals surface area contributed by atoms with Crippen LogP contribution in [-0.4, -0.2) is 42.1 Å². The minimum Gasteiger partial charge on any atom is -0.357 e. The van der Waals surface area contributed by atoms with Crippen LogP contribution in [0.2, 0.25) is 0 Å². The van der Waals surface area contributed by atoms with Crippen molar-refractivity contribution in [3.63, 3.8) is 0 Å². The number of likely N-dealkylation sites (N-methyl/N-ethyl adjacent to an activating group) is 1. The third-order valence-corrected chi connectivity index (χ3v) is 4.86. The maximum atomic E-state index is 12.9. The molecule has 0 aliphatic rings. The quantitative estimate of drug-likeness (QED) is 0.424. The molecule has 1 unspecified atom stereocenters. The molecule has 3 amide bonds. The Kier molecular flexibility index (Phi) is 10.7. The monoisotopic (exact) mass is 407 g/mol. The number of hydrogen-bond acceptors (Lipinski definition) is 4. The van der Waals surface area contributed by atoms with Gasteiger partial charge in [0, 0.05) is 13.5 Å². The molecule has 7 heteroatoms. The highest BCUT2D eigenvalue weighted by Gasteiger charge is 2.28. The van der Waals surface area contributed by atoms with Crippen molar-refractivity contribution in [3.8, 4) is 0 Å². The van der Waals surface area contributed by atoms with E-state index in [1.807, 2.05) is 51.1 Å². The third kappa shape index (κ3) is 8.33. The van der Waals surface area contributed by atoms with E-state index in [0.29, 0.717) is 19.3 Å². The smallest absolute Gasteiger partial charge is 0.243 e. The van der Waals surface area contributed by atoms with Crippen molar-refractivity contribution in [2.45, 2.75) is 63.8 Å². The van der Waals surface area contributed by atoms with Crippen LogP contribution in [0.15, 0.2) is 30.3 Å². The third-order valence-electron chi connectivity index (χ3n) is 4.37. The van der Waals surface area contributed by atoms with E-state index in [1.165, 1.54) is 7.05 Å². The van der Waals surface area contributed by atoms with Gasteiger partial charge >= 0.3 is 0 Å². The fourth-order valence-electron chi connectivity index (χ4n) is 2.88. The summed E-state index contributed by atoms with van der Waals surface area (Å²) in [6.45, 7) is 5.94. The Morgan fingerprint density at radius 3 is 2.11 bits per heavy atom. The molecule has 3 N–H and O–H groups in total. The van der Waals surface area contributed by atoms with E-state index in [2.05, 4.69) is 28.6 Å². The molecule has 6 nitrogen and oxygen atoms in total. The van der Waals surface area contributed by atoms with Crippen molar-refractivity contribution in [2.24, 2.45) is 5.92 Å². The van der Waals surface area contributed by atoms with E-state index in [1.54, 1.807) is 0 Å². The Morgan fingerprint density at radius 2 is 1.57 bits per heavy atom. The highest BCUT2D eigenvalue weighted by Crippen LogP contribution is 2.10. The first-order valence-electron chi connectivity index (χ1n) is 9.82. The molecule has 0 aliphatic heterocycles. The van der Waals surface area contributed by atoms with Crippen LogP contribution in [0.4, 0.5) is 0 Å². The Bertz CT molecular complexity index is 637. The standard InChI is InChI=1S/C21H33N3O3S/c1-5-9-18(28)21(27)24-16(12-14(2)3)20(26)23-17(19(25)22-4)13-15-10-7-6-8-11-15/h6-8,10-11,14,16-18,28H,5,9,12-13H2,1-4H3,(H,22,25)(H,23,26)(H,24,27)/t16-,17-,18?/m0/s1. The van der Waals surface area contributed by atoms with Crippen LogP contribution >= 0.6 is 12.6 Å². The van der Waals surface area contributed by atoms with Gasteiger partial charge in [-0.3, -0.25) is 14.4 Å². The number of rotatable bonds is 11. The lowest BCUT2D eigenvalue weighted by atomic mass is 10.0. The van der Waals surface area contributed by atoms with E-state index >= 15 is 0 Å². The second-order valence-electron chi connectivity index (χ2n) is 7.36. The lowest BCUT2D eigenvalue weighted by molar-refractivity contribution is -0.132. The zero-order valence-electron chi connectivity index (χ0n) is 17.2. The van der Waals surface area contributed by atoms with Crippen LogP contribution in [0, 0.1) is 5.92 Å². The Balaban J connectivity index is 2.88. The van der Waals surface area contributed by atoms with E-state index in [4.69, 9.17) is 0 Å². The van der Waals surface area contributed by atoms with Crippen molar-refractivity contribution >= 4 is 30.4 Å². The number of nitrogens with one attached hydrogen (secondary N) is 3. The molecule has 156 valence electrons. The molecule has 0 spiro atoms. The van der Waals surface area contributed by atoms with Gasteiger partial charge in [0.2, 0.25) is 17.7 Å². The summed E-state index contributed by atoms with van der Waals surface area (Å²) in [5.74, 6) is -0.688. The maximum Gasteiger partial charge on any atom is 0.243 e. The topological polar surface area (TPSA) is 87.3 Å². The van der Waals surface area contributed by atoms with E-state index in [-0.39, 0.29) is 23.6 Å². The predicted molar refractivity (Wildman–Crippen MR) is 115 cm³/mol. The number of thiol groups is 1. The summed E-state index contributed by atoms with van der Waals surface area (Å²) in [7, 11) is 1.54. The summed E-state index contributed by atoms with van der Waals surface area (Å²) in [5.41, 5.74) is 0.944. The molecule has 0 aromatic heterocycles. The number of carbonyl (C=O) groups excluding carboxylic acids is 3. The summed E-state index contributed by atoms with van der Waals surface area (Å²) in [6.07, 6.45) is 2.33. The highest BCUT2D eigenvalue weighted by atomic mass is 32.1. The Hall–Kier alpha value is -2.02. The molecule has 0 aliphatic carbocycles. The molecule has 0 fully saturated rings. The van der Waals surface area contributed by atoms with Gasteiger partial charge in [-0.2, -0.15) is 12.6 Å². The average molecular weight is 408 g/mol. The summed E-state index contributed by atoms with van der Waals surface area (Å²) in [5, 5.41) is 7.75. The van der Waals surface area contributed by atoms with E-state index < -0.39 is 17.3 Å². The van der Waals surface area contributed by atoms with Crippen molar-refractivity contribution in [1.29, 1.82) is 0 Å². The summed E-state index contributed by atoms with van der Waals surface area (Å²) in [4.78, 5) is 37.5. The van der Waals surface area contributed by atoms with Gasteiger partial charge in [-0.25, -0.2) is 0 Å². The number of benzene rings is 1. The second kappa shape index (κ2) is 12.4. The second-order valence-corrected chi connectivity index (χ2v) is 7.98. The van der Waals surface area contributed by atoms with Gasteiger partial charge < -0.3 is 16.0 Å². The summed E-state index contributed by atoms with van der Waals surface area (Å²) in [6, 6.07) is 8.07. The van der Waals surface area contributed by atoms with Crippen LogP contribution in [0.25, 0.3) is 0 Å². The molecule has 1 aromatic carbocycles. The lowest BCUT2D eigenvalue weighted by Crippen LogP contribution is -2.55. The molecule has 0 saturated carbocycles. The Labute approximate surface area is 173 Å². The van der Waals surface area contributed by atoms with E-state index in [9.17, 15) is 14.4 Å². The van der Waals surface area contributed by atoms with Crippen LogP contribution in [0.1, 0.15) is 45.6 Å². The SMILES string of the molecule is CCCC(S)C(=O)N[C@@H](CC(C)C)C(=O)N[C@@H](Cc1ccccc1)C(=O)NC. The minimum atomic E-state index is -0.714. The fraction of sp³-hybridized carbons (Fsp3) is 0.571. The molecule has 0 radical (unpaired) electrons. The largest absolute Gasteiger partial charge is 0.357 e. The van der Waals surface area contributed by atoms with Crippen molar-refractivity contribution in [2.75, 3.05) is 7.05 Å². The van der Waals surface area contributed by atoms with Crippen LogP contribution in [0.3, 0.4) is 0 Å². The van der Waals surface area contributed by atoms with Gasteiger partial charge in [0.05, 0.1) is 5.25 Å². The van der Waals surface area contributed by atoms with Crippen LogP contribution < -0.4 is 16.0 Å². The van der Waals surface area contributed by atoms with Gasteiger partial charge in [-0.1, -0.05) is 57.5 Å². The van der Waals surface area contributed by atoms with Gasteiger partial charge in [0.15, 0.2) is 0 Å².